The third-order valence-electron chi connectivity index (χ3n) is 13.1. The van der Waals surface area contributed by atoms with E-state index in [-0.39, 0.29) is 5.41 Å². The van der Waals surface area contributed by atoms with E-state index in [9.17, 15) is 0 Å². The van der Waals surface area contributed by atoms with E-state index in [4.69, 9.17) is 4.42 Å². The van der Waals surface area contributed by atoms with Gasteiger partial charge in [0.05, 0.1) is 5.69 Å². The largest absolute Gasteiger partial charge is 0.456 e. The van der Waals surface area contributed by atoms with Crippen molar-refractivity contribution in [3.05, 3.63) is 223 Å². The SMILES string of the molecule is CC1(C)c2cc(-c3ccccc3)ccc2-c2ccc(N(c3ccc(-c4ccc(-c5ccc6c(c5)oc5ccccc56)cc4)cc3)c3cc4ccccc4c4ccccc34)cc21. The number of para-hydroxylation sites is 1. The van der Waals surface area contributed by atoms with Gasteiger partial charge < -0.3 is 9.32 Å². The van der Waals surface area contributed by atoms with Crippen molar-refractivity contribution in [2.45, 2.75) is 19.3 Å². The maximum Gasteiger partial charge on any atom is 0.136 e. The van der Waals surface area contributed by atoms with Gasteiger partial charge in [0.25, 0.3) is 0 Å². The summed E-state index contributed by atoms with van der Waals surface area (Å²) in [4.78, 5) is 2.46. The minimum absolute atomic E-state index is 0.184. The summed E-state index contributed by atoms with van der Waals surface area (Å²) in [6.45, 7) is 4.76. The van der Waals surface area contributed by atoms with E-state index in [0.717, 1.165) is 50.1 Å². The number of rotatable bonds is 6. The van der Waals surface area contributed by atoms with Crippen LogP contribution in [0.25, 0.3) is 88.0 Å². The summed E-state index contributed by atoms with van der Waals surface area (Å²) in [6.07, 6.45) is 0. The van der Waals surface area contributed by atoms with Gasteiger partial charge in [-0.3, -0.25) is 0 Å². The zero-order chi connectivity index (χ0) is 40.7. The Bertz CT molecular complexity index is 3480. The third-order valence-corrected chi connectivity index (χ3v) is 13.1. The molecule has 1 aromatic heterocycles. The van der Waals surface area contributed by atoms with E-state index in [1.807, 2.05) is 12.1 Å². The summed E-state index contributed by atoms with van der Waals surface area (Å²) in [5.41, 5.74) is 17.5. The number of fused-ring (bicyclic) bond motifs is 9. The molecular weight excluding hydrogens is 739 g/mol. The lowest BCUT2D eigenvalue weighted by molar-refractivity contribution is 0.660. The normalized spacial score (nSPS) is 12.9. The van der Waals surface area contributed by atoms with Crippen molar-refractivity contribution >= 4 is 60.5 Å². The molecule has 288 valence electrons. The van der Waals surface area contributed by atoms with Crippen LogP contribution in [0.2, 0.25) is 0 Å². The fourth-order valence-corrected chi connectivity index (χ4v) is 9.89. The average Bonchev–Trinajstić information content (AvgIpc) is 3.80. The van der Waals surface area contributed by atoms with E-state index < -0.39 is 0 Å². The molecule has 0 saturated carbocycles. The Morgan fingerprint density at radius 3 is 1.62 bits per heavy atom. The van der Waals surface area contributed by atoms with E-state index in [1.54, 1.807) is 0 Å². The van der Waals surface area contributed by atoms with E-state index in [0.29, 0.717) is 0 Å². The van der Waals surface area contributed by atoms with Gasteiger partial charge in [-0.25, -0.2) is 0 Å². The number of furan rings is 1. The van der Waals surface area contributed by atoms with Crippen LogP contribution in [-0.4, -0.2) is 0 Å². The van der Waals surface area contributed by atoms with Crippen LogP contribution >= 0.6 is 0 Å². The monoisotopic (exact) mass is 779 g/mol. The van der Waals surface area contributed by atoms with Crippen molar-refractivity contribution in [2.75, 3.05) is 4.90 Å². The molecule has 0 atom stereocenters. The van der Waals surface area contributed by atoms with Crippen LogP contribution < -0.4 is 4.90 Å². The third kappa shape index (κ3) is 5.71. The van der Waals surface area contributed by atoms with Crippen LogP contribution in [0, 0.1) is 0 Å². The lowest BCUT2D eigenvalue weighted by Gasteiger charge is -2.29. The van der Waals surface area contributed by atoms with Crippen molar-refractivity contribution in [2.24, 2.45) is 0 Å². The molecule has 0 unspecified atom stereocenters. The van der Waals surface area contributed by atoms with E-state index >= 15 is 0 Å². The first-order chi connectivity index (χ1) is 30.0. The molecule has 1 aliphatic carbocycles. The molecule has 0 spiro atoms. The molecule has 0 fully saturated rings. The van der Waals surface area contributed by atoms with Gasteiger partial charge in [0.15, 0.2) is 0 Å². The molecule has 61 heavy (non-hydrogen) atoms. The minimum atomic E-state index is -0.184. The zero-order valence-electron chi connectivity index (χ0n) is 34.1. The molecular formula is C59H41NO. The Morgan fingerprint density at radius 2 is 0.852 bits per heavy atom. The Balaban J connectivity index is 0.945. The van der Waals surface area contributed by atoms with Crippen LogP contribution in [0.15, 0.2) is 217 Å². The Hall–Kier alpha value is -7.68. The molecule has 0 amide bonds. The number of anilines is 3. The first-order valence-electron chi connectivity index (χ1n) is 21.2. The number of benzene rings is 10. The molecule has 2 heteroatoms. The minimum Gasteiger partial charge on any atom is -0.456 e. The van der Waals surface area contributed by atoms with Crippen LogP contribution in [0.1, 0.15) is 25.0 Å². The number of hydrogen-bond donors (Lipinski definition) is 0. The van der Waals surface area contributed by atoms with Crippen molar-refractivity contribution in [3.63, 3.8) is 0 Å². The second-order valence-electron chi connectivity index (χ2n) is 16.9. The number of nitrogens with zero attached hydrogens (tertiary/aromatic N) is 1. The summed E-state index contributed by atoms with van der Waals surface area (Å²) in [7, 11) is 0. The zero-order valence-corrected chi connectivity index (χ0v) is 34.1. The molecule has 0 aliphatic heterocycles. The predicted octanol–water partition coefficient (Wildman–Crippen LogP) is 16.7. The quantitative estimate of drug-likeness (QED) is 0.156. The van der Waals surface area contributed by atoms with E-state index in [2.05, 4.69) is 219 Å². The molecule has 0 N–H and O–H groups in total. The second kappa shape index (κ2) is 13.7. The fourth-order valence-electron chi connectivity index (χ4n) is 9.89. The van der Waals surface area contributed by atoms with Crippen LogP contribution in [0.5, 0.6) is 0 Å². The molecule has 0 bridgehead atoms. The molecule has 2 nitrogen and oxygen atoms in total. The van der Waals surface area contributed by atoms with Gasteiger partial charge in [0, 0.05) is 32.9 Å². The number of hydrogen-bond acceptors (Lipinski definition) is 2. The fraction of sp³-hybridized carbons (Fsp3) is 0.0508. The highest BCUT2D eigenvalue weighted by atomic mass is 16.3. The average molecular weight is 780 g/mol. The summed E-state index contributed by atoms with van der Waals surface area (Å²) < 4.78 is 6.21. The van der Waals surface area contributed by atoms with Crippen molar-refractivity contribution in [1.82, 2.24) is 0 Å². The molecule has 1 aliphatic rings. The first kappa shape index (κ1) is 35.3. The van der Waals surface area contributed by atoms with Crippen LogP contribution in [0.3, 0.4) is 0 Å². The molecule has 0 radical (unpaired) electrons. The molecule has 12 rings (SSSR count). The maximum atomic E-state index is 6.21. The highest BCUT2D eigenvalue weighted by molar-refractivity contribution is 6.14. The summed E-state index contributed by atoms with van der Waals surface area (Å²) in [6, 6.07) is 77.5. The summed E-state index contributed by atoms with van der Waals surface area (Å²) >= 11 is 0. The van der Waals surface area contributed by atoms with Crippen LogP contribution in [-0.2, 0) is 5.41 Å². The lowest BCUT2D eigenvalue weighted by atomic mass is 9.81. The first-order valence-corrected chi connectivity index (χ1v) is 21.2. The smallest absolute Gasteiger partial charge is 0.136 e. The second-order valence-corrected chi connectivity index (χ2v) is 16.9. The van der Waals surface area contributed by atoms with Crippen molar-refractivity contribution < 1.29 is 4.42 Å². The molecule has 10 aromatic carbocycles. The Labute approximate surface area is 355 Å². The van der Waals surface area contributed by atoms with Crippen molar-refractivity contribution in [3.8, 4) is 44.5 Å². The molecule has 1 heterocycles. The van der Waals surface area contributed by atoms with E-state index in [1.165, 1.54) is 66.1 Å². The predicted molar refractivity (Wildman–Crippen MR) is 257 cm³/mol. The standard InChI is InChI=1S/C59H41NO/c1-59(2)54-34-42(38-12-4-3-5-13-38)26-31-49(54)50-33-30-46(37-55(50)59)60(56-35-44-14-6-7-15-47(44)48-16-8-9-17-51(48)56)45-28-24-40(25-29-45)39-20-22-41(23-21-39)43-27-32-53-52-18-10-11-19-57(52)61-58(53)36-43/h3-37H,1-2H3. The van der Waals surface area contributed by atoms with Gasteiger partial charge >= 0.3 is 0 Å². The van der Waals surface area contributed by atoms with Gasteiger partial charge in [0.2, 0.25) is 0 Å². The van der Waals surface area contributed by atoms with Crippen LogP contribution in [0.4, 0.5) is 17.1 Å². The highest BCUT2D eigenvalue weighted by Gasteiger charge is 2.36. The summed E-state index contributed by atoms with van der Waals surface area (Å²) in [5, 5.41) is 7.25. The maximum absolute atomic E-state index is 6.21. The molecule has 11 aromatic rings. The molecule has 0 saturated heterocycles. The Kier molecular flexibility index (Phi) is 7.92. The summed E-state index contributed by atoms with van der Waals surface area (Å²) in [5.74, 6) is 0. The highest BCUT2D eigenvalue weighted by Crippen LogP contribution is 2.52. The Morgan fingerprint density at radius 1 is 0.344 bits per heavy atom. The van der Waals surface area contributed by atoms with Crippen molar-refractivity contribution in [1.29, 1.82) is 0 Å². The van der Waals surface area contributed by atoms with Gasteiger partial charge in [-0.15, -0.1) is 0 Å². The topological polar surface area (TPSA) is 16.4 Å². The lowest BCUT2D eigenvalue weighted by Crippen LogP contribution is -2.17. The van der Waals surface area contributed by atoms with Gasteiger partial charge in [-0.05, 0) is 126 Å². The van der Waals surface area contributed by atoms with Gasteiger partial charge in [-0.2, -0.15) is 0 Å². The van der Waals surface area contributed by atoms with Gasteiger partial charge in [0.1, 0.15) is 11.2 Å². The van der Waals surface area contributed by atoms with Gasteiger partial charge in [-0.1, -0.05) is 172 Å².